The first kappa shape index (κ1) is 18.9. The Kier molecular flexibility index (Phi) is 4.16. The predicted molar refractivity (Wildman–Crippen MR) is 112 cm³/mol. The molecular weight excluding hydrogens is 401 g/mol. The van der Waals surface area contributed by atoms with Crippen LogP contribution in [0.1, 0.15) is 25.1 Å². The van der Waals surface area contributed by atoms with Gasteiger partial charge in [-0.25, -0.2) is 14.1 Å². The summed E-state index contributed by atoms with van der Waals surface area (Å²) in [6, 6.07) is 2.01. The molecule has 3 aromatic rings. The number of nitrogens with zero attached hydrogens (tertiary/aromatic N) is 6. The molecule has 5 heterocycles. The molecule has 1 fully saturated rings. The lowest BCUT2D eigenvalue weighted by Crippen LogP contribution is -2.67. The normalized spacial score (nSPS) is 30.0. The second kappa shape index (κ2) is 6.83. The molecule has 9 nitrogen and oxygen atoms in total. The maximum atomic E-state index is 15.9. The van der Waals surface area contributed by atoms with Gasteiger partial charge in [0.05, 0.1) is 42.5 Å². The zero-order chi connectivity index (χ0) is 21.2. The summed E-state index contributed by atoms with van der Waals surface area (Å²) in [6.45, 7) is 6.46. The number of fused-ring (bicyclic) bond motifs is 5. The molecule has 0 saturated carbocycles. The molecule has 0 aliphatic carbocycles. The average molecular weight is 425 g/mol. The van der Waals surface area contributed by atoms with Gasteiger partial charge in [0, 0.05) is 24.7 Å². The summed E-state index contributed by atoms with van der Waals surface area (Å²) < 4.78 is 29.2. The number of aromatic nitrogens is 4. The van der Waals surface area contributed by atoms with Crippen LogP contribution in [0.15, 0.2) is 28.2 Å². The lowest BCUT2D eigenvalue weighted by Gasteiger charge is -2.56. The van der Waals surface area contributed by atoms with Crippen molar-refractivity contribution in [3.05, 3.63) is 35.8 Å². The van der Waals surface area contributed by atoms with Crippen molar-refractivity contribution in [2.75, 3.05) is 24.7 Å². The summed E-state index contributed by atoms with van der Waals surface area (Å²) >= 11 is 0. The van der Waals surface area contributed by atoms with Gasteiger partial charge in [0.1, 0.15) is 18.3 Å². The van der Waals surface area contributed by atoms with Crippen LogP contribution in [0.4, 0.5) is 10.1 Å². The minimum absolute atomic E-state index is 0.00422. The summed E-state index contributed by atoms with van der Waals surface area (Å²) in [7, 11) is 0. The first-order chi connectivity index (χ1) is 15.1. The van der Waals surface area contributed by atoms with Crippen molar-refractivity contribution in [2.24, 2.45) is 10.4 Å². The smallest absolute Gasteiger partial charge is 0.204 e. The molecule has 6 rings (SSSR count). The number of morpholine rings is 1. The van der Waals surface area contributed by atoms with Gasteiger partial charge in [-0.3, -0.25) is 10.3 Å². The van der Waals surface area contributed by atoms with Gasteiger partial charge in [0.2, 0.25) is 5.58 Å². The Labute approximate surface area is 178 Å². The SMILES string of the molecule is C[C@H]1CN2c3c(cc4c(Cn5cncn5)noc4c3F)CC3(C=NCNC3)[C@@H]2[C@@H](C)O1. The Morgan fingerprint density at radius 3 is 3.03 bits per heavy atom. The van der Waals surface area contributed by atoms with Gasteiger partial charge < -0.3 is 14.2 Å². The second-order valence-corrected chi connectivity index (χ2v) is 8.85. The van der Waals surface area contributed by atoms with Gasteiger partial charge in [0.15, 0.2) is 5.82 Å². The molecule has 4 atom stereocenters. The Hall–Kier alpha value is -2.85. The maximum absolute atomic E-state index is 15.9. The maximum Gasteiger partial charge on any atom is 0.204 e. The Bertz CT molecular complexity index is 1160. The van der Waals surface area contributed by atoms with Gasteiger partial charge in [-0.05, 0) is 31.9 Å². The number of benzene rings is 1. The summed E-state index contributed by atoms with van der Waals surface area (Å²) in [4.78, 5) is 10.7. The summed E-state index contributed by atoms with van der Waals surface area (Å²) in [6.07, 6.45) is 5.74. The van der Waals surface area contributed by atoms with E-state index in [0.717, 1.165) is 12.1 Å². The summed E-state index contributed by atoms with van der Waals surface area (Å²) in [5.74, 6) is -0.355. The first-order valence-electron chi connectivity index (χ1n) is 10.6. The highest BCUT2D eigenvalue weighted by Crippen LogP contribution is 2.47. The third-order valence-corrected chi connectivity index (χ3v) is 6.69. The first-order valence-corrected chi connectivity index (χ1v) is 10.6. The van der Waals surface area contributed by atoms with Crippen LogP contribution >= 0.6 is 0 Å². The Morgan fingerprint density at radius 2 is 2.26 bits per heavy atom. The van der Waals surface area contributed by atoms with Crippen LogP contribution in [-0.2, 0) is 17.7 Å². The number of hydrogen-bond donors (Lipinski definition) is 1. The topological polar surface area (TPSA) is 93.6 Å². The van der Waals surface area contributed by atoms with Crippen molar-refractivity contribution in [1.29, 1.82) is 0 Å². The molecule has 1 unspecified atom stereocenters. The molecule has 1 aromatic carbocycles. The molecule has 0 amide bonds. The third-order valence-electron chi connectivity index (χ3n) is 6.69. The number of halogens is 1. The number of aliphatic imine (C=N–C) groups is 1. The Balaban J connectivity index is 1.53. The molecule has 1 N–H and O–H groups in total. The van der Waals surface area contributed by atoms with Crippen LogP contribution in [-0.4, -0.2) is 64.1 Å². The van der Waals surface area contributed by atoms with E-state index < -0.39 is 0 Å². The molecule has 3 aliphatic rings. The Morgan fingerprint density at radius 1 is 1.35 bits per heavy atom. The van der Waals surface area contributed by atoms with Crippen molar-refractivity contribution in [3.63, 3.8) is 0 Å². The number of nitrogens with one attached hydrogen (secondary N) is 1. The van der Waals surface area contributed by atoms with Crippen LogP contribution in [0.5, 0.6) is 0 Å². The third kappa shape index (κ3) is 2.81. The van der Waals surface area contributed by atoms with E-state index in [9.17, 15) is 0 Å². The molecule has 0 radical (unpaired) electrons. The van der Waals surface area contributed by atoms with E-state index in [1.165, 1.54) is 6.33 Å². The molecule has 10 heteroatoms. The monoisotopic (exact) mass is 425 g/mol. The van der Waals surface area contributed by atoms with Crippen LogP contribution in [0, 0.1) is 11.2 Å². The predicted octanol–water partition coefficient (Wildman–Crippen LogP) is 1.76. The van der Waals surface area contributed by atoms with Crippen LogP contribution in [0.25, 0.3) is 11.0 Å². The molecule has 31 heavy (non-hydrogen) atoms. The van der Waals surface area contributed by atoms with Crippen LogP contribution < -0.4 is 10.2 Å². The van der Waals surface area contributed by atoms with Crippen molar-refractivity contribution < 1.29 is 13.7 Å². The highest BCUT2D eigenvalue weighted by atomic mass is 19.1. The summed E-state index contributed by atoms with van der Waals surface area (Å²) in [5, 5.41) is 12.4. The largest absolute Gasteiger partial charge is 0.372 e. The molecule has 162 valence electrons. The zero-order valence-corrected chi connectivity index (χ0v) is 17.5. The van der Waals surface area contributed by atoms with E-state index in [-0.39, 0.29) is 35.1 Å². The minimum atomic E-state index is -0.355. The number of anilines is 1. The van der Waals surface area contributed by atoms with E-state index in [1.54, 1.807) is 11.0 Å². The quantitative estimate of drug-likeness (QED) is 0.669. The van der Waals surface area contributed by atoms with Crippen molar-refractivity contribution in [2.45, 2.75) is 45.1 Å². The average Bonchev–Trinajstić information content (AvgIpc) is 3.39. The lowest BCUT2D eigenvalue weighted by molar-refractivity contribution is -0.0522. The van der Waals surface area contributed by atoms with Gasteiger partial charge >= 0.3 is 0 Å². The van der Waals surface area contributed by atoms with Crippen molar-refractivity contribution in [1.82, 2.24) is 25.2 Å². The standard InChI is InChI=1S/C21H24FN7O2/c1-12-5-29-18-14(4-21(7-23-9-24-8-21)20(29)13(2)30-12)3-15-16(6-28-11-25-10-26-28)27-31-19(15)17(18)22/h3,7,10-13,20,24H,4-6,8-9H2,1-2H3/t12-,13+,20-,21?/m0/s1. The number of hydrogen-bond acceptors (Lipinski definition) is 8. The fraction of sp³-hybridized carbons (Fsp3) is 0.524. The van der Waals surface area contributed by atoms with E-state index in [1.807, 2.05) is 13.0 Å². The van der Waals surface area contributed by atoms with Gasteiger partial charge in [-0.2, -0.15) is 5.10 Å². The van der Waals surface area contributed by atoms with E-state index in [2.05, 4.69) is 43.6 Å². The lowest BCUT2D eigenvalue weighted by atomic mass is 9.68. The minimum Gasteiger partial charge on any atom is -0.372 e. The molecule has 2 aromatic heterocycles. The van der Waals surface area contributed by atoms with E-state index >= 15 is 4.39 Å². The van der Waals surface area contributed by atoms with E-state index in [4.69, 9.17) is 9.26 Å². The highest BCUT2D eigenvalue weighted by Gasteiger charge is 2.52. The van der Waals surface area contributed by atoms with E-state index in [0.29, 0.717) is 42.9 Å². The van der Waals surface area contributed by atoms with Crippen molar-refractivity contribution in [3.8, 4) is 0 Å². The van der Waals surface area contributed by atoms with Crippen LogP contribution in [0.3, 0.4) is 0 Å². The molecule has 1 spiro atoms. The van der Waals surface area contributed by atoms with Crippen molar-refractivity contribution >= 4 is 22.9 Å². The molecular formula is C21H24FN7O2. The van der Waals surface area contributed by atoms with Gasteiger partial charge in [-0.1, -0.05) is 5.16 Å². The molecule has 3 aliphatic heterocycles. The van der Waals surface area contributed by atoms with Gasteiger partial charge in [-0.15, -0.1) is 0 Å². The second-order valence-electron chi connectivity index (χ2n) is 8.85. The fourth-order valence-corrected chi connectivity index (χ4v) is 5.67. The highest BCUT2D eigenvalue weighted by molar-refractivity contribution is 5.88. The molecule has 0 bridgehead atoms. The number of rotatable bonds is 2. The summed E-state index contributed by atoms with van der Waals surface area (Å²) in [5.41, 5.74) is 2.10. The number of ether oxygens (including phenoxy) is 1. The molecule has 1 saturated heterocycles. The fourth-order valence-electron chi connectivity index (χ4n) is 5.67. The van der Waals surface area contributed by atoms with Crippen LogP contribution in [0.2, 0.25) is 0 Å². The van der Waals surface area contributed by atoms with Gasteiger partial charge in [0.25, 0.3) is 0 Å². The zero-order valence-electron chi connectivity index (χ0n) is 17.5.